The lowest BCUT2D eigenvalue weighted by Gasteiger charge is -2.23. The SMILES string of the molecule is C.CC(C)NC(=O)c1cccn2c([C@@H](COCc3ccccc3)NC(=O)C(C)(C)N)nnc12. The van der Waals surface area contributed by atoms with E-state index in [9.17, 15) is 9.59 Å². The molecule has 4 N–H and O–H groups in total. The smallest absolute Gasteiger partial charge is 0.255 e. The first-order valence-corrected chi connectivity index (χ1v) is 10.5. The molecule has 0 saturated carbocycles. The van der Waals surface area contributed by atoms with Crippen LogP contribution >= 0.6 is 0 Å². The Morgan fingerprint density at radius 2 is 1.79 bits per heavy atom. The van der Waals surface area contributed by atoms with E-state index in [1.807, 2.05) is 44.2 Å². The Labute approximate surface area is 194 Å². The van der Waals surface area contributed by atoms with E-state index in [4.69, 9.17) is 10.5 Å². The van der Waals surface area contributed by atoms with Crippen molar-refractivity contribution in [2.24, 2.45) is 5.73 Å². The summed E-state index contributed by atoms with van der Waals surface area (Å²) in [6.45, 7) is 7.55. The van der Waals surface area contributed by atoms with Crippen LogP contribution in [0, 0.1) is 0 Å². The van der Waals surface area contributed by atoms with Gasteiger partial charge in [-0.05, 0) is 45.4 Å². The zero-order chi connectivity index (χ0) is 23.3. The van der Waals surface area contributed by atoms with Crippen molar-refractivity contribution in [1.82, 2.24) is 25.2 Å². The minimum absolute atomic E-state index is 0. The number of amides is 2. The number of nitrogens with one attached hydrogen (secondary N) is 2. The number of hydrogen-bond acceptors (Lipinski definition) is 6. The van der Waals surface area contributed by atoms with Crippen LogP contribution in [-0.2, 0) is 16.1 Å². The maximum absolute atomic E-state index is 12.6. The van der Waals surface area contributed by atoms with Gasteiger partial charge in [0.1, 0.15) is 6.04 Å². The average molecular weight is 455 g/mol. The fourth-order valence-electron chi connectivity index (χ4n) is 3.08. The Kier molecular flexibility index (Phi) is 8.67. The quantitative estimate of drug-likeness (QED) is 0.457. The van der Waals surface area contributed by atoms with Crippen LogP contribution in [0.4, 0.5) is 0 Å². The molecule has 1 atom stereocenters. The molecule has 178 valence electrons. The predicted molar refractivity (Wildman–Crippen MR) is 128 cm³/mol. The first-order chi connectivity index (χ1) is 15.2. The second kappa shape index (κ2) is 11.0. The van der Waals surface area contributed by atoms with Crippen LogP contribution in [0.15, 0.2) is 48.7 Å². The molecule has 0 bridgehead atoms. The molecule has 3 rings (SSSR count). The van der Waals surface area contributed by atoms with Gasteiger partial charge in [0.2, 0.25) is 5.91 Å². The van der Waals surface area contributed by atoms with Gasteiger partial charge in [0, 0.05) is 12.2 Å². The van der Waals surface area contributed by atoms with Gasteiger partial charge in [-0.1, -0.05) is 37.8 Å². The van der Waals surface area contributed by atoms with Crippen molar-refractivity contribution in [2.75, 3.05) is 6.61 Å². The van der Waals surface area contributed by atoms with E-state index < -0.39 is 11.6 Å². The number of carbonyl (C=O) groups is 2. The first-order valence-electron chi connectivity index (χ1n) is 10.5. The second-order valence-electron chi connectivity index (χ2n) is 8.55. The molecule has 0 unspecified atom stereocenters. The number of aromatic nitrogens is 3. The summed E-state index contributed by atoms with van der Waals surface area (Å²) in [5.41, 5.74) is 6.70. The molecule has 2 heterocycles. The third-order valence-electron chi connectivity index (χ3n) is 4.72. The van der Waals surface area contributed by atoms with Gasteiger partial charge in [0.15, 0.2) is 11.5 Å². The Balaban J connectivity index is 0.00000385. The molecule has 0 radical (unpaired) electrons. The molecule has 3 aromatic rings. The normalized spacial score (nSPS) is 12.3. The molecule has 9 nitrogen and oxygen atoms in total. The average Bonchev–Trinajstić information content (AvgIpc) is 3.16. The third-order valence-corrected chi connectivity index (χ3v) is 4.72. The van der Waals surface area contributed by atoms with Gasteiger partial charge in [-0.3, -0.25) is 14.0 Å². The molecular formula is C24H34N6O3. The molecule has 1 aromatic carbocycles. The number of rotatable bonds is 9. The highest BCUT2D eigenvalue weighted by Gasteiger charge is 2.28. The van der Waals surface area contributed by atoms with E-state index in [0.717, 1.165) is 5.56 Å². The Morgan fingerprint density at radius 1 is 1.09 bits per heavy atom. The maximum atomic E-state index is 12.6. The number of ether oxygens (including phenoxy) is 1. The fourth-order valence-corrected chi connectivity index (χ4v) is 3.08. The molecule has 0 aliphatic heterocycles. The van der Waals surface area contributed by atoms with E-state index in [2.05, 4.69) is 20.8 Å². The van der Waals surface area contributed by atoms with E-state index in [-0.39, 0.29) is 31.9 Å². The van der Waals surface area contributed by atoms with Crippen molar-refractivity contribution in [1.29, 1.82) is 0 Å². The lowest BCUT2D eigenvalue weighted by atomic mass is 10.1. The molecule has 0 spiro atoms. The Hall–Kier alpha value is -3.30. The highest BCUT2D eigenvalue weighted by molar-refractivity contribution is 5.99. The summed E-state index contributed by atoms with van der Waals surface area (Å²) in [4.78, 5) is 25.2. The zero-order valence-corrected chi connectivity index (χ0v) is 18.8. The van der Waals surface area contributed by atoms with Crippen LogP contribution in [-0.4, -0.2) is 44.6 Å². The topological polar surface area (TPSA) is 124 Å². The monoisotopic (exact) mass is 454 g/mol. The molecule has 2 aromatic heterocycles. The highest BCUT2D eigenvalue weighted by Crippen LogP contribution is 2.18. The number of benzene rings is 1. The first kappa shape index (κ1) is 26.0. The van der Waals surface area contributed by atoms with Crippen LogP contribution in [0.2, 0.25) is 0 Å². The van der Waals surface area contributed by atoms with Gasteiger partial charge < -0.3 is 21.1 Å². The number of pyridine rings is 1. The number of hydrogen-bond donors (Lipinski definition) is 3. The largest absolute Gasteiger partial charge is 0.374 e. The standard InChI is InChI=1S/C23H30N6O3.CH4/c1-15(2)25-21(30)17-11-8-12-29-19(17)27-28-20(29)18(26-22(31)23(3,4)24)14-32-13-16-9-6-5-7-10-16;/h5-12,15,18H,13-14,24H2,1-4H3,(H,25,30)(H,26,31);1H4/t18-;/m1./s1. The fraction of sp³-hybridized carbons (Fsp3) is 0.417. The number of nitrogens with zero attached hydrogens (tertiary/aromatic N) is 3. The van der Waals surface area contributed by atoms with Crippen molar-refractivity contribution >= 4 is 17.5 Å². The van der Waals surface area contributed by atoms with Crippen molar-refractivity contribution in [2.45, 2.75) is 59.4 Å². The summed E-state index contributed by atoms with van der Waals surface area (Å²) in [6, 6.07) is 12.5. The Bertz CT molecular complexity index is 1070. The summed E-state index contributed by atoms with van der Waals surface area (Å²) in [5, 5.41) is 14.3. The van der Waals surface area contributed by atoms with Crippen LogP contribution in [0.25, 0.3) is 5.65 Å². The molecule has 33 heavy (non-hydrogen) atoms. The van der Waals surface area contributed by atoms with Crippen LogP contribution in [0.5, 0.6) is 0 Å². The number of nitrogens with two attached hydrogens (primary N) is 1. The van der Waals surface area contributed by atoms with Crippen molar-refractivity contribution < 1.29 is 14.3 Å². The number of fused-ring (bicyclic) bond motifs is 1. The minimum Gasteiger partial charge on any atom is -0.374 e. The predicted octanol–water partition coefficient (Wildman–Crippen LogP) is 2.62. The van der Waals surface area contributed by atoms with Gasteiger partial charge >= 0.3 is 0 Å². The molecule has 9 heteroatoms. The second-order valence-corrected chi connectivity index (χ2v) is 8.55. The summed E-state index contributed by atoms with van der Waals surface area (Å²) in [5.74, 6) is -0.144. The van der Waals surface area contributed by atoms with Crippen LogP contribution < -0.4 is 16.4 Å². The molecular weight excluding hydrogens is 420 g/mol. The molecule has 0 aliphatic rings. The zero-order valence-electron chi connectivity index (χ0n) is 18.8. The summed E-state index contributed by atoms with van der Waals surface area (Å²) >= 11 is 0. The maximum Gasteiger partial charge on any atom is 0.255 e. The van der Waals surface area contributed by atoms with Gasteiger partial charge in [0.05, 0.1) is 24.3 Å². The number of carbonyl (C=O) groups excluding carboxylic acids is 2. The lowest BCUT2D eigenvalue weighted by Crippen LogP contribution is -2.50. The van der Waals surface area contributed by atoms with Crippen molar-refractivity contribution in [3.63, 3.8) is 0 Å². The molecule has 0 aliphatic carbocycles. The third kappa shape index (κ3) is 6.59. The summed E-state index contributed by atoms with van der Waals surface area (Å²) in [7, 11) is 0. The van der Waals surface area contributed by atoms with E-state index in [1.54, 1.807) is 36.6 Å². The van der Waals surface area contributed by atoms with Gasteiger partial charge in [-0.25, -0.2) is 0 Å². The summed E-state index contributed by atoms with van der Waals surface area (Å²) in [6.07, 6.45) is 1.75. The van der Waals surface area contributed by atoms with Crippen LogP contribution in [0.3, 0.4) is 0 Å². The minimum atomic E-state index is -1.08. The van der Waals surface area contributed by atoms with Gasteiger partial charge in [0.25, 0.3) is 5.91 Å². The van der Waals surface area contributed by atoms with Crippen molar-refractivity contribution in [3.05, 3.63) is 65.6 Å². The van der Waals surface area contributed by atoms with Gasteiger partial charge in [-0.2, -0.15) is 0 Å². The van der Waals surface area contributed by atoms with E-state index in [1.165, 1.54) is 0 Å². The molecule has 0 fully saturated rings. The summed E-state index contributed by atoms with van der Waals surface area (Å²) < 4.78 is 7.57. The van der Waals surface area contributed by atoms with E-state index in [0.29, 0.717) is 23.6 Å². The van der Waals surface area contributed by atoms with Crippen LogP contribution in [0.1, 0.15) is 62.9 Å². The highest BCUT2D eigenvalue weighted by atomic mass is 16.5. The van der Waals surface area contributed by atoms with E-state index >= 15 is 0 Å². The molecule has 2 amide bonds. The van der Waals surface area contributed by atoms with Crippen molar-refractivity contribution in [3.8, 4) is 0 Å². The Morgan fingerprint density at radius 3 is 2.42 bits per heavy atom. The molecule has 0 saturated heterocycles. The lowest BCUT2D eigenvalue weighted by molar-refractivity contribution is -0.126. The van der Waals surface area contributed by atoms with Gasteiger partial charge in [-0.15, -0.1) is 10.2 Å².